The molecule has 152 valence electrons. The average molecular weight is 394 g/mol. The van der Waals surface area contributed by atoms with E-state index >= 15 is 0 Å². The number of hydrogen-bond acceptors (Lipinski definition) is 5. The second-order valence-corrected chi connectivity index (χ2v) is 8.16. The minimum absolute atomic E-state index is 0.0489. The molecule has 3 rings (SSSR count). The van der Waals surface area contributed by atoms with E-state index in [1.807, 2.05) is 37.3 Å². The highest BCUT2D eigenvalue weighted by Gasteiger charge is 2.18. The van der Waals surface area contributed by atoms with Crippen molar-refractivity contribution in [1.82, 2.24) is 9.38 Å². The van der Waals surface area contributed by atoms with E-state index in [1.54, 1.807) is 19.2 Å². The predicted molar refractivity (Wildman–Crippen MR) is 111 cm³/mol. The van der Waals surface area contributed by atoms with Gasteiger partial charge in [0.05, 0.1) is 5.69 Å². The Morgan fingerprint density at radius 2 is 1.83 bits per heavy atom. The molecule has 29 heavy (non-hydrogen) atoms. The summed E-state index contributed by atoms with van der Waals surface area (Å²) in [7, 11) is 0. The largest absolute Gasteiger partial charge is 0.479 e. The van der Waals surface area contributed by atoms with Gasteiger partial charge in [0.2, 0.25) is 0 Å². The molecule has 1 aromatic carbocycles. The molecule has 0 aliphatic carbocycles. The lowest BCUT2D eigenvalue weighted by Gasteiger charge is -2.20. The first-order chi connectivity index (χ1) is 13.6. The first kappa shape index (κ1) is 20.6. The average Bonchev–Trinajstić information content (AvgIpc) is 2.66. The molecular weight excluding hydrogens is 368 g/mol. The highest BCUT2D eigenvalue weighted by atomic mass is 16.6. The molecular formula is C23H26N2O4. The van der Waals surface area contributed by atoms with E-state index in [2.05, 4.69) is 25.8 Å². The van der Waals surface area contributed by atoms with Crippen LogP contribution in [-0.2, 0) is 21.6 Å². The third-order valence-corrected chi connectivity index (χ3v) is 4.59. The quantitative estimate of drug-likeness (QED) is 0.616. The molecule has 0 saturated carbocycles. The summed E-state index contributed by atoms with van der Waals surface area (Å²) in [5, 5.41) is 0. The number of fused-ring (bicyclic) bond motifs is 1. The van der Waals surface area contributed by atoms with E-state index in [0.717, 1.165) is 5.56 Å². The van der Waals surface area contributed by atoms with Gasteiger partial charge in [-0.25, -0.2) is 9.78 Å². The highest BCUT2D eigenvalue weighted by molar-refractivity contribution is 5.74. The minimum Gasteiger partial charge on any atom is -0.479 e. The molecule has 1 atom stereocenters. The van der Waals surface area contributed by atoms with E-state index in [1.165, 1.54) is 16.0 Å². The van der Waals surface area contributed by atoms with Crippen LogP contribution in [0.3, 0.4) is 0 Å². The van der Waals surface area contributed by atoms with E-state index in [0.29, 0.717) is 17.1 Å². The number of carbonyl (C=O) groups excluding carboxylic acids is 1. The van der Waals surface area contributed by atoms with Crippen molar-refractivity contribution in [1.29, 1.82) is 0 Å². The number of benzene rings is 1. The Morgan fingerprint density at radius 1 is 1.14 bits per heavy atom. The van der Waals surface area contributed by atoms with Crippen molar-refractivity contribution >= 4 is 11.6 Å². The Morgan fingerprint density at radius 3 is 2.48 bits per heavy atom. The lowest BCUT2D eigenvalue weighted by Crippen LogP contribution is -2.26. The van der Waals surface area contributed by atoms with Crippen molar-refractivity contribution in [2.75, 3.05) is 0 Å². The Balaban J connectivity index is 1.62. The van der Waals surface area contributed by atoms with Crippen LogP contribution >= 0.6 is 0 Å². The van der Waals surface area contributed by atoms with Crippen molar-refractivity contribution in [3.63, 3.8) is 0 Å². The number of aromatic nitrogens is 2. The van der Waals surface area contributed by atoms with Gasteiger partial charge < -0.3 is 9.47 Å². The van der Waals surface area contributed by atoms with E-state index in [9.17, 15) is 9.59 Å². The summed E-state index contributed by atoms with van der Waals surface area (Å²) < 4.78 is 12.4. The Kier molecular flexibility index (Phi) is 5.73. The van der Waals surface area contributed by atoms with Crippen molar-refractivity contribution in [3.8, 4) is 5.75 Å². The molecule has 0 aliphatic heterocycles. The molecule has 0 amide bonds. The molecule has 6 nitrogen and oxygen atoms in total. The SMILES string of the molecule is Cc1ccc2nc(COC(=O)[C@@H](C)Oc3ccc(C(C)(C)C)cc3)cc(=O)n2c1. The van der Waals surface area contributed by atoms with Gasteiger partial charge in [-0.3, -0.25) is 9.20 Å². The van der Waals surface area contributed by atoms with E-state index in [4.69, 9.17) is 9.47 Å². The molecule has 0 unspecified atom stereocenters. The molecule has 0 radical (unpaired) electrons. The fourth-order valence-corrected chi connectivity index (χ4v) is 2.88. The summed E-state index contributed by atoms with van der Waals surface area (Å²) in [4.78, 5) is 28.9. The van der Waals surface area contributed by atoms with Crippen LogP contribution in [0.5, 0.6) is 5.75 Å². The number of rotatable bonds is 5. The van der Waals surface area contributed by atoms with Crippen molar-refractivity contribution < 1.29 is 14.3 Å². The number of aryl methyl sites for hydroxylation is 1. The topological polar surface area (TPSA) is 69.9 Å². The van der Waals surface area contributed by atoms with Gasteiger partial charge in [-0.1, -0.05) is 39.0 Å². The van der Waals surface area contributed by atoms with Gasteiger partial charge in [0, 0.05) is 12.3 Å². The normalized spacial score (nSPS) is 12.6. The van der Waals surface area contributed by atoms with Gasteiger partial charge in [-0.15, -0.1) is 0 Å². The van der Waals surface area contributed by atoms with E-state index < -0.39 is 12.1 Å². The van der Waals surface area contributed by atoms with Gasteiger partial charge in [-0.2, -0.15) is 0 Å². The molecule has 2 aromatic heterocycles. The maximum atomic E-state index is 12.3. The molecule has 0 N–H and O–H groups in total. The zero-order chi connectivity index (χ0) is 21.2. The van der Waals surface area contributed by atoms with E-state index in [-0.39, 0.29) is 17.6 Å². The third kappa shape index (κ3) is 5.02. The van der Waals surface area contributed by atoms with Crippen LogP contribution in [0, 0.1) is 6.92 Å². The van der Waals surface area contributed by atoms with Crippen molar-refractivity contribution in [2.45, 2.75) is 52.7 Å². The minimum atomic E-state index is -0.778. The van der Waals surface area contributed by atoms with Crippen LogP contribution in [0.15, 0.2) is 53.5 Å². The number of nitrogens with zero attached hydrogens (tertiary/aromatic N) is 2. The van der Waals surface area contributed by atoms with Gasteiger partial charge in [-0.05, 0) is 48.6 Å². The van der Waals surface area contributed by atoms with Crippen molar-refractivity contribution in [3.05, 3.63) is 75.8 Å². The summed E-state index contributed by atoms with van der Waals surface area (Å²) in [6.45, 7) is 9.85. The zero-order valence-corrected chi connectivity index (χ0v) is 17.4. The van der Waals surface area contributed by atoms with Gasteiger partial charge in [0.1, 0.15) is 18.0 Å². The molecule has 0 aliphatic rings. The summed E-state index contributed by atoms with van der Waals surface area (Å²) in [5.41, 5.74) is 2.89. The Bertz CT molecular complexity index is 1080. The molecule has 3 aromatic rings. The number of pyridine rings is 1. The Labute approximate surface area is 170 Å². The van der Waals surface area contributed by atoms with Gasteiger partial charge >= 0.3 is 5.97 Å². The van der Waals surface area contributed by atoms with Crippen LogP contribution in [0.2, 0.25) is 0 Å². The van der Waals surface area contributed by atoms with Gasteiger partial charge in [0.15, 0.2) is 6.10 Å². The fourth-order valence-electron chi connectivity index (χ4n) is 2.88. The zero-order valence-electron chi connectivity index (χ0n) is 17.4. The number of ether oxygens (including phenoxy) is 2. The highest BCUT2D eigenvalue weighted by Crippen LogP contribution is 2.24. The summed E-state index contributed by atoms with van der Waals surface area (Å²) in [5.74, 6) is 0.0793. The van der Waals surface area contributed by atoms with Crippen LogP contribution in [0.4, 0.5) is 0 Å². The molecule has 0 fully saturated rings. The maximum absolute atomic E-state index is 12.3. The van der Waals surface area contributed by atoms with Crippen LogP contribution in [0.1, 0.15) is 44.5 Å². The summed E-state index contributed by atoms with van der Waals surface area (Å²) in [6, 6.07) is 12.7. The fraction of sp³-hybridized carbons (Fsp3) is 0.348. The number of hydrogen-bond donors (Lipinski definition) is 0. The first-order valence-corrected chi connectivity index (χ1v) is 9.56. The number of esters is 1. The lowest BCUT2D eigenvalue weighted by atomic mass is 9.87. The predicted octanol–water partition coefficient (Wildman–Crippen LogP) is 3.81. The molecule has 0 spiro atoms. The second kappa shape index (κ2) is 8.07. The molecule has 0 bridgehead atoms. The molecule has 2 heterocycles. The summed E-state index contributed by atoms with van der Waals surface area (Å²) >= 11 is 0. The maximum Gasteiger partial charge on any atom is 0.347 e. The summed E-state index contributed by atoms with van der Waals surface area (Å²) in [6.07, 6.45) is 0.945. The lowest BCUT2D eigenvalue weighted by molar-refractivity contribution is -0.152. The smallest absolute Gasteiger partial charge is 0.347 e. The van der Waals surface area contributed by atoms with Crippen LogP contribution in [0.25, 0.3) is 5.65 Å². The third-order valence-electron chi connectivity index (χ3n) is 4.59. The molecule has 0 saturated heterocycles. The second-order valence-electron chi connectivity index (χ2n) is 8.16. The standard InChI is InChI=1S/C23H26N2O4/c1-15-6-11-20-24-18(12-21(26)25(20)13-15)14-28-22(27)16(2)29-19-9-7-17(8-10-19)23(3,4)5/h6-13,16H,14H2,1-5H3/t16-/m1/s1. The monoisotopic (exact) mass is 394 g/mol. The molecule has 6 heteroatoms. The van der Waals surface area contributed by atoms with Crippen molar-refractivity contribution in [2.24, 2.45) is 0 Å². The number of carbonyl (C=O) groups is 1. The van der Waals surface area contributed by atoms with Gasteiger partial charge in [0.25, 0.3) is 5.56 Å². The Hall–Kier alpha value is -3.15. The van der Waals surface area contributed by atoms with Crippen LogP contribution in [-0.4, -0.2) is 21.5 Å². The van der Waals surface area contributed by atoms with Crippen LogP contribution < -0.4 is 10.3 Å². The first-order valence-electron chi connectivity index (χ1n) is 9.56.